The van der Waals surface area contributed by atoms with Crippen molar-refractivity contribution in [2.45, 2.75) is 6.92 Å². The van der Waals surface area contributed by atoms with Crippen LogP contribution in [0.15, 0.2) is 78.0 Å². The predicted molar refractivity (Wildman–Crippen MR) is 92.3 cm³/mol. The highest BCUT2D eigenvalue weighted by molar-refractivity contribution is 6.00. The average Bonchev–Trinajstić information content (AvgIpc) is 3.15. The van der Waals surface area contributed by atoms with Gasteiger partial charge in [0.15, 0.2) is 0 Å². The maximum atomic E-state index is 11.8. The Kier molecular flexibility index (Phi) is 4.34. The third kappa shape index (κ3) is 3.55. The van der Waals surface area contributed by atoms with Gasteiger partial charge in [-0.1, -0.05) is 54.6 Å². The van der Waals surface area contributed by atoms with Gasteiger partial charge < -0.3 is 4.98 Å². The quantitative estimate of drug-likeness (QED) is 0.558. The standard InChI is InChI=1S/C19H17N3O/c1-14(21-22-19(23)18-8-5-13-20-18)15-9-11-17(12-10-15)16-6-3-2-4-7-16/h2-13,20H,1H3,(H,22,23)/b21-14-. The number of nitrogens with zero attached hydrogens (tertiary/aromatic N) is 1. The van der Waals surface area contributed by atoms with E-state index in [1.165, 1.54) is 5.56 Å². The lowest BCUT2D eigenvalue weighted by molar-refractivity contribution is 0.0950. The highest BCUT2D eigenvalue weighted by Crippen LogP contribution is 2.19. The maximum absolute atomic E-state index is 11.8. The summed E-state index contributed by atoms with van der Waals surface area (Å²) in [5.74, 6) is -0.254. The Bertz CT molecular complexity index is 804. The second kappa shape index (κ2) is 6.75. The minimum atomic E-state index is -0.254. The fourth-order valence-corrected chi connectivity index (χ4v) is 2.27. The van der Waals surface area contributed by atoms with Gasteiger partial charge in [0.2, 0.25) is 0 Å². The second-order valence-corrected chi connectivity index (χ2v) is 5.17. The molecular weight excluding hydrogens is 286 g/mol. The van der Waals surface area contributed by atoms with Gasteiger partial charge in [-0.15, -0.1) is 0 Å². The molecule has 2 N–H and O–H groups in total. The largest absolute Gasteiger partial charge is 0.357 e. The molecule has 4 heteroatoms. The van der Waals surface area contributed by atoms with Crippen molar-refractivity contribution < 1.29 is 4.79 Å². The van der Waals surface area contributed by atoms with E-state index < -0.39 is 0 Å². The minimum Gasteiger partial charge on any atom is -0.357 e. The molecule has 3 aromatic rings. The van der Waals surface area contributed by atoms with Crippen LogP contribution in [0.3, 0.4) is 0 Å². The van der Waals surface area contributed by atoms with Crippen molar-refractivity contribution in [2.24, 2.45) is 5.10 Å². The number of hydrogen-bond acceptors (Lipinski definition) is 2. The summed E-state index contributed by atoms with van der Waals surface area (Å²) >= 11 is 0. The SMILES string of the molecule is C/C(=N/NC(=O)c1ccc[nH]1)c1ccc(-c2ccccc2)cc1. The Morgan fingerprint density at radius 2 is 1.61 bits per heavy atom. The fraction of sp³-hybridized carbons (Fsp3) is 0.0526. The normalized spacial score (nSPS) is 11.3. The van der Waals surface area contributed by atoms with Gasteiger partial charge >= 0.3 is 0 Å². The van der Waals surface area contributed by atoms with E-state index in [1.807, 2.05) is 37.3 Å². The molecule has 0 radical (unpaired) electrons. The number of carbonyl (C=O) groups is 1. The number of aromatic nitrogens is 1. The van der Waals surface area contributed by atoms with E-state index in [0.717, 1.165) is 16.8 Å². The summed E-state index contributed by atoms with van der Waals surface area (Å²) in [5, 5.41) is 4.15. The van der Waals surface area contributed by atoms with Crippen LogP contribution >= 0.6 is 0 Å². The summed E-state index contributed by atoms with van der Waals surface area (Å²) < 4.78 is 0. The van der Waals surface area contributed by atoms with Crippen molar-refractivity contribution >= 4 is 11.6 Å². The number of rotatable bonds is 4. The van der Waals surface area contributed by atoms with Gasteiger partial charge in [-0.25, -0.2) is 5.43 Å². The highest BCUT2D eigenvalue weighted by atomic mass is 16.2. The molecule has 23 heavy (non-hydrogen) atoms. The van der Waals surface area contributed by atoms with Crippen molar-refractivity contribution in [1.82, 2.24) is 10.4 Å². The Labute approximate surface area is 134 Å². The molecule has 0 spiro atoms. The fourth-order valence-electron chi connectivity index (χ4n) is 2.27. The van der Waals surface area contributed by atoms with Crippen LogP contribution < -0.4 is 5.43 Å². The first-order chi connectivity index (χ1) is 11.2. The molecule has 2 aromatic carbocycles. The average molecular weight is 303 g/mol. The highest BCUT2D eigenvalue weighted by Gasteiger charge is 2.05. The van der Waals surface area contributed by atoms with Crippen molar-refractivity contribution in [3.05, 3.63) is 84.2 Å². The Morgan fingerprint density at radius 3 is 2.26 bits per heavy atom. The number of nitrogens with one attached hydrogen (secondary N) is 2. The summed E-state index contributed by atoms with van der Waals surface area (Å²) in [6.07, 6.45) is 1.70. The van der Waals surface area contributed by atoms with Gasteiger partial charge in [0, 0.05) is 6.20 Å². The topological polar surface area (TPSA) is 57.2 Å². The molecule has 1 heterocycles. The first kappa shape index (κ1) is 14.8. The number of hydrazone groups is 1. The molecule has 0 unspecified atom stereocenters. The predicted octanol–water partition coefficient (Wildman–Crippen LogP) is 3.84. The van der Waals surface area contributed by atoms with Crippen LogP contribution in [0.4, 0.5) is 0 Å². The molecule has 114 valence electrons. The summed E-state index contributed by atoms with van der Waals surface area (Å²) in [6, 6.07) is 21.8. The molecule has 4 nitrogen and oxygen atoms in total. The lowest BCUT2D eigenvalue weighted by atomic mass is 10.0. The van der Waals surface area contributed by atoms with Crippen LogP contribution in [0.1, 0.15) is 23.0 Å². The van der Waals surface area contributed by atoms with Crippen LogP contribution in [-0.4, -0.2) is 16.6 Å². The van der Waals surface area contributed by atoms with Crippen LogP contribution in [0.25, 0.3) is 11.1 Å². The van der Waals surface area contributed by atoms with Gasteiger partial charge in [0.25, 0.3) is 5.91 Å². The molecule has 0 saturated heterocycles. The van der Waals surface area contributed by atoms with Crippen LogP contribution in [0.2, 0.25) is 0 Å². The van der Waals surface area contributed by atoms with Gasteiger partial charge in [0.1, 0.15) is 5.69 Å². The van der Waals surface area contributed by atoms with Crippen LogP contribution in [-0.2, 0) is 0 Å². The molecule has 0 aliphatic rings. The summed E-state index contributed by atoms with van der Waals surface area (Å²) in [7, 11) is 0. The third-order valence-electron chi connectivity index (χ3n) is 3.58. The van der Waals surface area contributed by atoms with Gasteiger partial charge in [-0.05, 0) is 35.7 Å². The minimum absolute atomic E-state index is 0.254. The molecule has 0 saturated carbocycles. The molecule has 0 aliphatic heterocycles. The smallest absolute Gasteiger partial charge is 0.287 e. The van der Waals surface area contributed by atoms with Crippen molar-refractivity contribution in [3.8, 4) is 11.1 Å². The summed E-state index contributed by atoms with van der Waals surface area (Å²) in [5.41, 5.74) is 7.08. The molecule has 1 amide bonds. The third-order valence-corrected chi connectivity index (χ3v) is 3.58. The van der Waals surface area contributed by atoms with E-state index in [4.69, 9.17) is 0 Å². The maximum Gasteiger partial charge on any atom is 0.287 e. The first-order valence-corrected chi connectivity index (χ1v) is 7.38. The van der Waals surface area contributed by atoms with E-state index in [1.54, 1.807) is 18.3 Å². The molecule has 0 fully saturated rings. The van der Waals surface area contributed by atoms with Crippen molar-refractivity contribution in [1.29, 1.82) is 0 Å². The number of H-pyrrole nitrogens is 1. The summed E-state index contributed by atoms with van der Waals surface area (Å²) in [6.45, 7) is 1.87. The van der Waals surface area contributed by atoms with E-state index in [9.17, 15) is 4.79 Å². The van der Waals surface area contributed by atoms with Crippen molar-refractivity contribution in [2.75, 3.05) is 0 Å². The van der Waals surface area contributed by atoms with Crippen molar-refractivity contribution in [3.63, 3.8) is 0 Å². The Morgan fingerprint density at radius 1 is 0.913 bits per heavy atom. The number of amides is 1. The Hall–Kier alpha value is -3.14. The number of benzene rings is 2. The zero-order valence-electron chi connectivity index (χ0n) is 12.8. The van der Waals surface area contributed by atoms with E-state index >= 15 is 0 Å². The van der Waals surface area contributed by atoms with Gasteiger partial charge in [-0.3, -0.25) is 4.79 Å². The summed E-state index contributed by atoms with van der Waals surface area (Å²) in [4.78, 5) is 14.7. The lowest BCUT2D eigenvalue weighted by Gasteiger charge is -2.05. The zero-order chi connectivity index (χ0) is 16.1. The second-order valence-electron chi connectivity index (χ2n) is 5.17. The molecule has 0 aliphatic carbocycles. The number of hydrogen-bond donors (Lipinski definition) is 2. The molecular formula is C19H17N3O. The molecule has 0 atom stereocenters. The van der Waals surface area contributed by atoms with E-state index in [0.29, 0.717) is 5.69 Å². The number of aromatic amines is 1. The van der Waals surface area contributed by atoms with Gasteiger partial charge in [0.05, 0.1) is 5.71 Å². The molecule has 3 rings (SSSR count). The van der Waals surface area contributed by atoms with Crippen LogP contribution in [0.5, 0.6) is 0 Å². The first-order valence-electron chi connectivity index (χ1n) is 7.38. The molecule has 1 aromatic heterocycles. The molecule has 0 bridgehead atoms. The van der Waals surface area contributed by atoms with E-state index in [2.05, 4.69) is 39.8 Å². The van der Waals surface area contributed by atoms with E-state index in [-0.39, 0.29) is 5.91 Å². The Balaban J connectivity index is 1.71. The monoisotopic (exact) mass is 303 g/mol. The zero-order valence-corrected chi connectivity index (χ0v) is 12.8. The van der Waals surface area contributed by atoms with Gasteiger partial charge in [-0.2, -0.15) is 5.10 Å². The lowest BCUT2D eigenvalue weighted by Crippen LogP contribution is -2.19. The van der Waals surface area contributed by atoms with Crippen LogP contribution in [0, 0.1) is 0 Å². The number of carbonyl (C=O) groups excluding carboxylic acids is 1.